The van der Waals surface area contributed by atoms with Gasteiger partial charge in [-0.3, -0.25) is 9.36 Å². The van der Waals surface area contributed by atoms with Gasteiger partial charge in [0, 0.05) is 64.9 Å². The number of ether oxygens (including phenoxy) is 1. The summed E-state index contributed by atoms with van der Waals surface area (Å²) in [7, 11) is 1.46. The molecule has 6 rings (SSSR count). The second-order valence-corrected chi connectivity index (χ2v) is 12.5. The van der Waals surface area contributed by atoms with Crippen molar-refractivity contribution < 1.29 is 31.5 Å². The van der Waals surface area contributed by atoms with Gasteiger partial charge in [0.15, 0.2) is 0 Å². The topological polar surface area (TPSA) is 67.7 Å². The number of methoxy groups -OCH3 is 1. The predicted molar refractivity (Wildman–Crippen MR) is 152 cm³/mol. The van der Waals surface area contributed by atoms with Crippen LogP contribution in [0, 0.1) is 11.6 Å². The molecule has 7 nitrogen and oxygen atoms in total. The van der Waals surface area contributed by atoms with E-state index < -0.39 is 46.2 Å². The van der Waals surface area contributed by atoms with Gasteiger partial charge in [-0.15, -0.1) is 11.8 Å². The summed E-state index contributed by atoms with van der Waals surface area (Å²) < 4.78 is 79.7. The number of hydrogen-bond donors (Lipinski definition) is 0. The van der Waals surface area contributed by atoms with Crippen molar-refractivity contribution in [2.75, 3.05) is 49.0 Å². The first-order chi connectivity index (χ1) is 20.0. The van der Waals surface area contributed by atoms with Gasteiger partial charge in [-0.1, -0.05) is 6.58 Å². The Bertz CT molecular complexity index is 1650. The molecule has 2 saturated heterocycles. The molecule has 2 unspecified atom stereocenters. The van der Waals surface area contributed by atoms with Crippen LogP contribution in [0.1, 0.15) is 11.6 Å². The van der Waals surface area contributed by atoms with Crippen molar-refractivity contribution in [3.63, 3.8) is 0 Å². The second-order valence-electron chi connectivity index (χ2n) is 10.4. The summed E-state index contributed by atoms with van der Waals surface area (Å²) in [4.78, 5) is 34.2. The molecule has 3 aliphatic rings. The van der Waals surface area contributed by atoms with Crippen LogP contribution < -0.4 is 10.6 Å². The van der Waals surface area contributed by atoms with Gasteiger partial charge in [0.1, 0.15) is 17.5 Å². The first-order valence-corrected chi connectivity index (χ1v) is 15.2. The number of thioether (sulfide) groups is 2. The van der Waals surface area contributed by atoms with E-state index in [-0.39, 0.29) is 65.1 Å². The highest BCUT2D eigenvalue weighted by molar-refractivity contribution is 7.99. The maximum Gasteiger partial charge on any atom is 0.417 e. The Morgan fingerprint density at radius 3 is 2.50 bits per heavy atom. The van der Waals surface area contributed by atoms with Gasteiger partial charge in [-0.2, -0.15) is 29.9 Å². The Kier molecular flexibility index (Phi) is 7.50. The van der Waals surface area contributed by atoms with Crippen LogP contribution in [0.25, 0.3) is 22.0 Å². The van der Waals surface area contributed by atoms with Gasteiger partial charge >= 0.3 is 11.9 Å². The summed E-state index contributed by atoms with van der Waals surface area (Å²) in [5.41, 5.74) is -2.46. The third-order valence-electron chi connectivity index (χ3n) is 7.79. The third kappa shape index (κ3) is 4.77. The van der Waals surface area contributed by atoms with E-state index in [1.807, 2.05) is 0 Å². The van der Waals surface area contributed by atoms with E-state index >= 15 is 4.39 Å². The zero-order valence-electron chi connectivity index (χ0n) is 22.3. The number of hydrogen-bond acceptors (Lipinski definition) is 7. The van der Waals surface area contributed by atoms with Crippen molar-refractivity contribution in [2.24, 2.45) is 0 Å². The largest absolute Gasteiger partial charge is 0.417 e. The van der Waals surface area contributed by atoms with Crippen molar-refractivity contribution in [3.05, 3.63) is 64.6 Å². The zero-order chi connectivity index (χ0) is 29.9. The van der Waals surface area contributed by atoms with E-state index in [1.165, 1.54) is 17.8 Å². The quantitative estimate of drug-likeness (QED) is 0.293. The number of fused-ring (bicyclic) bond motifs is 2. The van der Waals surface area contributed by atoms with Gasteiger partial charge in [0.2, 0.25) is 5.91 Å². The molecule has 0 aliphatic carbocycles. The Morgan fingerprint density at radius 2 is 1.88 bits per heavy atom. The fourth-order valence-electron chi connectivity index (χ4n) is 6.13. The number of nitrogens with zero attached hydrogens (tertiary/aromatic N) is 4. The van der Waals surface area contributed by atoms with E-state index in [0.717, 1.165) is 30.0 Å². The lowest BCUT2D eigenvalue weighted by molar-refractivity contribution is -0.137. The zero-order valence-corrected chi connectivity index (χ0v) is 23.9. The number of aromatic nitrogens is 2. The average Bonchev–Trinajstić information content (AvgIpc) is 2.93. The lowest BCUT2D eigenvalue weighted by Gasteiger charge is -2.50. The molecule has 14 heteroatoms. The molecule has 0 N–H and O–H groups in total. The van der Waals surface area contributed by atoms with E-state index in [0.29, 0.717) is 17.6 Å². The highest BCUT2D eigenvalue weighted by Crippen LogP contribution is 2.50. The molecule has 1 aromatic heterocycles. The van der Waals surface area contributed by atoms with E-state index in [9.17, 15) is 27.2 Å². The molecule has 2 aromatic carbocycles. The number of piperazine rings is 1. The molecule has 3 aromatic rings. The third-order valence-corrected chi connectivity index (χ3v) is 10.3. The van der Waals surface area contributed by atoms with Crippen molar-refractivity contribution >= 4 is 46.2 Å². The van der Waals surface area contributed by atoms with Crippen LogP contribution in [0.3, 0.4) is 0 Å². The van der Waals surface area contributed by atoms with Crippen molar-refractivity contribution in [3.8, 4) is 11.1 Å². The highest BCUT2D eigenvalue weighted by atomic mass is 32.2. The number of anilines is 1. The molecule has 42 heavy (non-hydrogen) atoms. The second kappa shape index (κ2) is 10.9. The van der Waals surface area contributed by atoms with E-state index in [4.69, 9.17) is 4.74 Å². The fraction of sp³-hybridized carbons (Fsp3) is 0.393. The van der Waals surface area contributed by atoms with E-state index in [2.05, 4.69) is 11.6 Å². The number of carbonyl (C=O) groups excluding carboxylic acids is 1. The molecule has 4 heterocycles. The molecule has 222 valence electrons. The van der Waals surface area contributed by atoms with Gasteiger partial charge in [-0.25, -0.2) is 13.6 Å². The Labute approximate surface area is 245 Å². The first kappa shape index (κ1) is 29.0. The van der Waals surface area contributed by atoms with Gasteiger partial charge in [0.05, 0.1) is 35.8 Å². The molecule has 2 bridgehead atoms. The van der Waals surface area contributed by atoms with E-state index in [1.54, 1.807) is 21.6 Å². The molecule has 0 saturated carbocycles. The Hall–Kier alpha value is -3.10. The summed E-state index contributed by atoms with van der Waals surface area (Å²) in [5, 5.41) is 0.0886. The van der Waals surface area contributed by atoms with Crippen molar-refractivity contribution in [2.45, 2.75) is 29.2 Å². The minimum Gasteiger partial charge on any atom is -0.383 e. The van der Waals surface area contributed by atoms with Gasteiger partial charge in [0.25, 0.3) is 0 Å². The van der Waals surface area contributed by atoms with Crippen LogP contribution in [0.2, 0.25) is 0 Å². The molecule has 0 spiro atoms. The molecule has 3 atom stereocenters. The highest BCUT2D eigenvalue weighted by Gasteiger charge is 2.43. The smallest absolute Gasteiger partial charge is 0.383 e. The molecule has 1 amide bonds. The SMILES string of the molecule is C=CC(=O)N1C2CSCC1CN(c1nc(=O)n3c4c(c(-c5ccc(F)cc5F)c(C(F)(F)F)cc14)SC[C@@H]3COC)C2. The summed E-state index contributed by atoms with van der Waals surface area (Å²) in [5.74, 6) is -0.812. The minimum absolute atomic E-state index is 0.0645. The molecule has 3 aliphatic heterocycles. The van der Waals surface area contributed by atoms with Crippen LogP contribution in [0.5, 0.6) is 0 Å². The monoisotopic (exact) mass is 624 g/mol. The minimum atomic E-state index is -4.91. The van der Waals surface area contributed by atoms with Crippen molar-refractivity contribution in [1.82, 2.24) is 14.5 Å². The number of benzene rings is 2. The maximum atomic E-state index is 15.1. The van der Waals surface area contributed by atoms with Crippen LogP contribution >= 0.6 is 23.5 Å². The summed E-state index contributed by atoms with van der Waals surface area (Å²) >= 11 is 2.75. The normalized spacial score (nSPS) is 22.0. The van der Waals surface area contributed by atoms with Crippen LogP contribution in [-0.4, -0.2) is 76.5 Å². The number of alkyl halides is 3. The molecular formula is C28H25F5N4O3S2. The fourth-order valence-corrected chi connectivity index (χ4v) is 8.66. The summed E-state index contributed by atoms with van der Waals surface area (Å²) in [6.07, 6.45) is -3.66. The van der Waals surface area contributed by atoms with Gasteiger partial charge < -0.3 is 14.5 Å². The molecule has 0 radical (unpaired) electrons. The summed E-state index contributed by atoms with van der Waals surface area (Å²) in [6, 6.07) is 2.29. The molecule has 2 fully saturated rings. The maximum absolute atomic E-state index is 15.1. The Morgan fingerprint density at radius 1 is 1.17 bits per heavy atom. The van der Waals surface area contributed by atoms with Crippen LogP contribution in [0.15, 0.2) is 46.6 Å². The number of halogens is 5. The number of rotatable bonds is 5. The molecular weight excluding hydrogens is 599 g/mol. The Balaban J connectivity index is 1.63. The lowest BCUT2D eigenvalue weighted by atomic mass is 9.95. The number of carbonyl (C=O) groups is 1. The van der Waals surface area contributed by atoms with Crippen LogP contribution in [0.4, 0.5) is 27.8 Å². The van der Waals surface area contributed by atoms with Gasteiger partial charge in [-0.05, 0) is 24.3 Å². The summed E-state index contributed by atoms with van der Waals surface area (Å²) in [6.45, 7) is 4.21. The number of amides is 1. The van der Waals surface area contributed by atoms with Crippen LogP contribution in [-0.2, 0) is 15.7 Å². The van der Waals surface area contributed by atoms with Crippen molar-refractivity contribution in [1.29, 1.82) is 0 Å². The first-order valence-electron chi connectivity index (χ1n) is 13.1. The average molecular weight is 625 g/mol. The lowest BCUT2D eigenvalue weighted by Crippen LogP contribution is -2.64. The standard InChI is InChI=1S/C28H25F5N4O3S2/c1-3-22(38)36-15-8-35(9-16(36)12-41-11-15)26-19-7-20(28(31,32)33)23(18-5-4-14(29)6-21(18)30)25-24(19)37(27(39)34-26)17(10-40-2)13-42-25/h3-7,15-17H,1,8-13H2,2H3/t15?,16?,17-/m0/s1. The predicted octanol–water partition coefficient (Wildman–Crippen LogP) is 4.97.